The summed E-state index contributed by atoms with van der Waals surface area (Å²) in [6, 6.07) is 8.34. The molecule has 0 aliphatic heterocycles. The van der Waals surface area contributed by atoms with Crippen LogP contribution < -0.4 is 5.32 Å². The first kappa shape index (κ1) is 16.3. The van der Waals surface area contributed by atoms with Crippen LogP contribution in [0.15, 0.2) is 42.7 Å². The standard InChI is InChI=1S/C16H12ClF3N4/c1-21-15-7-14(22-8-23-15)13-5-4-12(24-13)10-6-9(16(18,19)20)2-3-11(10)17/h2-8,24H,1H3,(H,21,22,23). The fourth-order valence-corrected chi connectivity index (χ4v) is 2.47. The molecule has 1 aromatic carbocycles. The second-order valence-corrected chi connectivity index (χ2v) is 5.42. The molecule has 0 atom stereocenters. The molecule has 0 saturated heterocycles. The highest BCUT2D eigenvalue weighted by Crippen LogP contribution is 2.36. The van der Waals surface area contributed by atoms with Crippen LogP contribution in [0, 0.1) is 0 Å². The van der Waals surface area contributed by atoms with Crippen LogP contribution in [0.3, 0.4) is 0 Å². The zero-order valence-corrected chi connectivity index (χ0v) is 13.2. The Morgan fingerprint density at radius 1 is 1.04 bits per heavy atom. The lowest BCUT2D eigenvalue weighted by molar-refractivity contribution is -0.137. The Balaban J connectivity index is 2.02. The molecule has 2 heterocycles. The summed E-state index contributed by atoms with van der Waals surface area (Å²) in [7, 11) is 1.73. The van der Waals surface area contributed by atoms with Crippen LogP contribution in [-0.4, -0.2) is 22.0 Å². The highest BCUT2D eigenvalue weighted by atomic mass is 35.5. The van der Waals surface area contributed by atoms with Gasteiger partial charge in [0.1, 0.15) is 12.1 Å². The monoisotopic (exact) mass is 352 g/mol. The van der Waals surface area contributed by atoms with Gasteiger partial charge in [-0.15, -0.1) is 0 Å². The Morgan fingerprint density at radius 3 is 2.50 bits per heavy atom. The molecule has 0 unspecified atom stereocenters. The molecule has 0 aliphatic rings. The van der Waals surface area contributed by atoms with Crippen molar-refractivity contribution in [1.82, 2.24) is 15.0 Å². The Kier molecular flexibility index (Phi) is 4.19. The molecule has 0 spiro atoms. The summed E-state index contributed by atoms with van der Waals surface area (Å²) >= 11 is 6.06. The number of hydrogen-bond acceptors (Lipinski definition) is 3. The predicted molar refractivity (Wildman–Crippen MR) is 86.8 cm³/mol. The van der Waals surface area contributed by atoms with Crippen LogP contribution >= 0.6 is 11.6 Å². The van der Waals surface area contributed by atoms with E-state index in [1.807, 2.05) is 0 Å². The predicted octanol–water partition coefficient (Wildman–Crippen LogP) is 4.85. The Morgan fingerprint density at radius 2 is 1.79 bits per heavy atom. The van der Waals surface area contributed by atoms with Crippen LogP contribution in [0.25, 0.3) is 22.6 Å². The molecule has 3 aromatic rings. The molecule has 124 valence electrons. The molecule has 8 heteroatoms. The lowest BCUT2D eigenvalue weighted by Gasteiger charge is -2.09. The molecule has 0 radical (unpaired) electrons. The summed E-state index contributed by atoms with van der Waals surface area (Å²) in [4.78, 5) is 11.2. The van der Waals surface area contributed by atoms with Gasteiger partial charge in [0.25, 0.3) is 0 Å². The van der Waals surface area contributed by atoms with Crippen molar-refractivity contribution in [1.29, 1.82) is 0 Å². The van der Waals surface area contributed by atoms with Gasteiger partial charge in [-0.05, 0) is 30.3 Å². The maximum atomic E-state index is 12.9. The van der Waals surface area contributed by atoms with Gasteiger partial charge in [0.2, 0.25) is 0 Å². The third-order valence-corrected chi connectivity index (χ3v) is 3.80. The number of aromatic amines is 1. The normalized spacial score (nSPS) is 11.5. The van der Waals surface area contributed by atoms with Crippen molar-refractivity contribution < 1.29 is 13.2 Å². The van der Waals surface area contributed by atoms with Gasteiger partial charge in [0.15, 0.2) is 0 Å². The topological polar surface area (TPSA) is 53.6 Å². The maximum absolute atomic E-state index is 12.9. The number of rotatable bonds is 3. The van der Waals surface area contributed by atoms with E-state index in [0.717, 1.165) is 12.1 Å². The van der Waals surface area contributed by atoms with Crippen LogP contribution in [0.2, 0.25) is 5.02 Å². The van der Waals surface area contributed by atoms with Crippen LogP contribution in [0.5, 0.6) is 0 Å². The number of hydrogen-bond donors (Lipinski definition) is 2. The summed E-state index contributed by atoms with van der Waals surface area (Å²) < 4.78 is 38.7. The van der Waals surface area contributed by atoms with Crippen molar-refractivity contribution in [3.05, 3.63) is 53.3 Å². The fourth-order valence-electron chi connectivity index (χ4n) is 2.25. The van der Waals surface area contributed by atoms with Crippen LogP contribution in [-0.2, 0) is 6.18 Å². The molecule has 3 rings (SSSR count). The zero-order chi connectivity index (χ0) is 17.3. The van der Waals surface area contributed by atoms with Crippen molar-refractivity contribution in [3.63, 3.8) is 0 Å². The maximum Gasteiger partial charge on any atom is 0.416 e. The van der Waals surface area contributed by atoms with E-state index in [0.29, 0.717) is 22.9 Å². The second-order valence-electron chi connectivity index (χ2n) is 5.02. The van der Waals surface area contributed by atoms with E-state index in [1.54, 1.807) is 25.2 Å². The highest BCUT2D eigenvalue weighted by Gasteiger charge is 2.31. The van der Waals surface area contributed by atoms with Crippen LogP contribution in [0.1, 0.15) is 5.56 Å². The van der Waals surface area contributed by atoms with Gasteiger partial charge < -0.3 is 10.3 Å². The summed E-state index contributed by atoms with van der Waals surface area (Å²) in [5.74, 6) is 0.633. The minimum Gasteiger partial charge on any atom is -0.373 e. The van der Waals surface area contributed by atoms with E-state index >= 15 is 0 Å². The third kappa shape index (κ3) is 3.21. The molecule has 0 saturated carbocycles. The SMILES string of the molecule is CNc1cc(-c2ccc(-c3cc(C(F)(F)F)ccc3Cl)[nH]2)ncn1. The van der Waals surface area contributed by atoms with E-state index in [1.165, 1.54) is 12.4 Å². The molecule has 0 amide bonds. The molecule has 0 fully saturated rings. The van der Waals surface area contributed by atoms with Crippen molar-refractivity contribution in [2.75, 3.05) is 12.4 Å². The number of benzene rings is 1. The van der Waals surface area contributed by atoms with E-state index in [9.17, 15) is 13.2 Å². The quantitative estimate of drug-likeness (QED) is 0.708. The van der Waals surface area contributed by atoms with Gasteiger partial charge >= 0.3 is 6.18 Å². The minimum absolute atomic E-state index is 0.231. The average molecular weight is 353 g/mol. The number of alkyl halides is 3. The number of H-pyrrole nitrogens is 1. The zero-order valence-electron chi connectivity index (χ0n) is 12.4. The smallest absolute Gasteiger partial charge is 0.373 e. The number of halogens is 4. The second kappa shape index (κ2) is 6.16. The van der Waals surface area contributed by atoms with Crippen molar-refractivity contribution >= 4 is 17.4 Å². The third-order valence-electron chi connectivity index (χ3n) is 3.47. The molecule has 2 aromatic heterocycles. The van der Waals surface area contributed by atoms with Gasteiger partial charge in [0.05, 0.1) is 17.0 Å². The Hall–Kier alpha value is -2.54. The number of aromatic nitrogens is 3. The van der Waals surface area contributed by atoms with Crippen molar-refractivity contribution in [3.8, 4) is 22.6 Å². The fraction of sp³-hybridized carbons (Fsp3) is 0.125. The van der Waals surface area contributed by atoms with E-state index in [-0.39, 0.29) is 10.6 Å². The first-order chi connectivity index (χ1) is 11.4. The molecule has 0 aliphatic carbocycles. The molecular formula is C16H12ClF3N4. The van der Waals surface area contributed by atoms with Crippen molar-refractivity contribution in [2.45, 2.75) is 6.18 Å². The van der Waals surface area contributed by atoms with Gasteiger partial charge in [-0.1, -0.05) is 11.6 Å². The van der Waals surface area contributed by atoms with E-state index < -0.39 is 11.7 Å². The largest absolute Gasteiger partial charge is 0.416 e. The van der Waals surface area contributed by atoms with Gasteiger partial charge in [0, 0.05) is 29.4 Å². The van der Waals surface area contributed by atoms with Gasteiger partial charge in [-0.2, -0.15) is 13.2 Å². The first-order valence-electron chi connectivity index (χ1n) is 6.95. The Labute approximate surface area is 140 Å². The lowest BCUT2D eigenvalue weighted by Crippen LogP contribution is -2.04. The van der Waals surface area contributed by atoms with E-state index in [4.69, 9.17) is 11.6 Å². The van der Waals surface area contributed by atoms with Crippen molar-refractivity contribution in [2.24, 2.45) is 0 Å². The average Bonchev–Trinajstić information content (AvgIpc) is 3.04. The van der Waals surface area contributed by atoms with Gasteiger partial charge in [-0.25, -0.2) is 9.97 Å². The molecular weight excluding hydrogens is 341 g/mol. The Bertz CT molecular complexity index is 874. The number of nitrogens with one attached hydrogen (secondary N) is 2. The highest BCUT2D eigenvalue weighted by molar-refractivity contribution is 6.33. The molecule has 2 N–H and O–H groups in total. The van der Waals surface area contributed by atoms with E-state index in [2.05, 4.69) is 20.3 Å². The first-order valence-corrected chi connectivity index (χ1v) is 7.32. The molecule has 24 heavy (non-hydrogen) atoms. The number of anilines is 1. The molecule has 4 nitrogen and oxygen atoms in total. The summed E-state index contributed by atoms with van der Waals surface area (Å²) in [6.45, 7) is 0. The number of nitrogens with zero attached hydrogens (tertiary/aromatic N) is 2. The molecule has 0 bridgehead atoms. The van der Waals surface area contributed by atoms with Gasteiger partial charge in [-0.3, -0.25) is 0 Å². The van der Waals surface area contributed by atoms with Crippen LogP contribution in [0.4, 0.5) is 19.0 Å². The summed E-state index contributed by atoms with van der Waals surface area (Å²) in [5, 5.41) is 3.13. The summed E-state index contributed by atoms with van der Waals surface area (Å²) in [6.07, 6.45) is -3.03. The minimum atomic E-state index is -4.43. The lowest BCUT2D eigenvalue weighted by atomic mass is 10.1. The summed E-state index contributed by atoms with van der Waals surface area (Å²) in [5.41, 5.74) is 1.27.